The molecule has 2 fully saturated rings. The third-order valence-corrected chi connectivity index (χ3v) is 5.63. The molecule has 1 unspecified atom stereocenters. The van der Waals surface area contributed by atoms with Crippen LogP contribution in [0.1, 0.15) is 59.3 Å². The maximum Gasteiger partial charge on any atom is 0.207 e. The van der Waals surface area contributed by atoms with E-state index in [2.05, 4.69) is 6.92 Å². The maximum atomic E-state index is 10.8. The van der Waals surface area contributed by atoms with Crippen molar-refractivity contribution in [1.29, 1.82) is 0 Å². The number of aliphatic hydroxyl groups is 4. The lowest BCUT2D eigenvalue weighted by atomic mass is 9.95. The second-order valence-electron chi connectivity index (χ2n) is 7.43. The summed E-state index contributed by atoms with van der Waals surface area (Å²) in [6, 6.07) is 0. The number of hydrogen-bond acceptors (Lipinski definition) is 6. The first kappa shape index (κ1) is 19.1. The van der Waals surface area contributed by atoms with Crippen molar-refractivity contribution >= 4 is 0 Å². The van der Waals surface area contributed by atoms with Crippen molar-refractivity contribution < 1.29 is 29.9 Å². The minimum atomic E-state index is -1.73. The van der Waals surface area contributed by atoms with Crippen LogP contribution in [0.3, 0.4) is 0 Å². The number of hydrogen-bond donors (Lipinski definition) is 4. The molecule has 23 heavy (non-hydrogen) atoms. The third kappa shape index (κ3) is 2.83. The molecule has 136 valence electrons. The molecule has 0 radical (unpaired) electrons. The zero-order chi connectivity index (χ0) is 17.3. The molecule has 2 aliphatic rings. The summed E-state index contributed by atoms with van der Waals surface area (Å²) < 4.78 is 11.3. The first-order valence-corrected chi connectivity index (χ1v) is 8.81. The smallest absolute Gasteiger partial charge is 0.207 e. The minimum absolute atomic E-state index is 0.434. The number of unbranched alkanes of at least 4 members (excludes halogenated alkanes) is 5. The van der Waals surface area contributed by atoms with Gasteiger partial charge in [-0.05, 0) is 6.42 Å². The summed E-state index contributed by atoms with van der Waals surface area (Å²) in [5.41, 5.74) is -2.42. The van der Waals surface area contributed by atoms with Crippen molar-refractivity contribution in [2.75, 3.05) is 13.2 Å². The molecule has 4 N–H and O–H groups in total. The number of rotatable bonds is 10. The van der Waals surface area contributed by atoms with E-state index in [4.69, 9.17) is 14.6 Å². The average molecular weight is 332 g/mol. The Morgan fingerprint density at radius 3 is 2.30 bits per heavy atom. The highest BCUT2D eigenvalue weighted by molar-refractivity contribution is 5.35. The Bertz CT molecular complexity index is 401. The fraction of sp³-hybridized carbons (Fsp3) is 1.00. The second-order valence-corrected chi connectivity index (χ2v) is 7.43. The van der Waals surface area contributed by atoms with Crippen LogP contribution in [-0.2, 0) is 9.47 Å². The molecule has 1 saturated carbocycles. The van der Waals surface area contributed by atoms with Crippen molar-refractivity contribution in [3.63, 3.8) is 0 Å². The molecule has 0 bridgehead atoms. The zero-order valence-corrected chi connectivity index (χ0v) is 14.5. The van der Waals surface area contributed by atoms with Crippen LogP contribution in [0.25, 0.3) is 0 Å². The quantitative estimate of drug-likeness (QED) is 0.445. The van der Waals surface area contributed by atoms with Crippen LogP contribution in [0.2, 0.25) is 0 Å². The van der Waals surface area contributed by atoms with Crippen LogP contribution < -0.4 is 0 Å². The van der Waals surface area contributed by atoms with E-state index in [9.17, 15) is 15.3 Å². The van der Waals surface area contributed by atoms with Gasteiger partial charge >= 0.3 is 0 Å². The Morgan fingerprint density at radius 2 is 1.70 bits per heavy atom. The first-order valence-electron chi connectivity index (χ1n) is 8.81. The Labute approximate surface area is 138 Å². The minimum Gasteiger partial charge on any atom is -0.394 e. The normalized spacial score (nSPS) is 39.3. The predicted octanol–water partition coefficient (Wildman–Crippen LogP) is 0.944. The molecule has 0 aromatic rings. The number of aliphatic hydroxyl groups excluding tert-OH is 2. The lowest BCUT2D eigenvalue weighted by Gasteiger charge is -2.31. The molecule has 6 nitrogen and oxygen atoms in total. The molecule has 0 aromatic carbocycles. The van der Waals surface area contributed by atoms with Crippen molar-refractivity contribution in [2.24, 2.45) is 5.41 Å². The summed E-state index contributed by atoms with van der Waals surface area (Å²) >= 11 is 0. The highest BCUT2D eigenvalue weighted by atomic mass is 16.7. The van der Waals surface area contributed by atoms with E-state index in [1.807, 2.05) is 0 Å². The zero-order valence-electron chi connectivity index (χ0n) is 14.5. The van der Waals surface area contributed by atoms with Crippen LogP contribution in [0.5, 0.6) is 0 Å². The molecule has 5 atom stereocenters. The topological polar surface area (TPSA) is 99.4 Å². The molecule has 1 saturated heterocycles. The van der Waals surface area contributed by atoms with E-state index >= 15 is 0 Å². The van der Waals surface area contributed by atoms with Gasteiger partial charge in [0, 0.05) is 6.61 Å². The largest absolute Gasteiger partial charge is 0.394 e. The lowest BCUT2D eigenvalue weighted by Crippen LogP contribution is -2.48. The van der Waals surface area contributed by atoms with E-state index in [1.165, 1.54) is 19.3 Å². The molecule has 2 rings (SSSR count). The second kappa shape index (κ2) is 6.94. The van der Waals surface area contributed by atoms with E-state index in [-0.39, 0.29) is 0 Å². The summed E-state index contributed by atoms with van der Waals surface area (Å²) in [6.07, 6.45) is 3.75. The molecule has 6 heteroatoms. The van der Waals surface area contributed by atoms with Gasteiger partial charge in [-0.2, -0.15) is 0 Å². The fourth-order valence-corrected chi connectivity index (χ4v) is 3.80. The standard InChI is InChI=1S/C17H32O6/c1-4-5-6-7-8-9-10-22-14-13(12(19)11-18)23-17(21)15(2,3)16(14,17)20/h12-14,18-21H,4-11H2,1-3H3/t12-,13-,14+,16+,17?/m1/s1. The van der Waals surface area contributed by atoms with Crippen molar-refractivity contribution in [2.45, 2.75) is 89.0 Å². The molecule has 0 aromatic heterocycles. The van der Waals surface area contributed by atoms with Crippen LogP contribution in [0.15, 0.2) is 0 Å². The van der Waals surface area contributed by atoms with Crippen molar-refractivity contribution in [3.05, 3.63) is 0 Å². The summed E-state index contributed by atoms with van der Waals surface area (Å²) in [6.45, 7) is 5.51. The van der Waals surface area contributed by atoms with Crippen molar-refractivity contribution in [3.8, 4) is 0 Å². The van der Waals surface area contributed by atoms with Crippen LogP contribution in [0.4, 0.5) is 0 Å². The molecule has 1 aliphatic heterocycles. The van der Waals surface area contributed by atoms with E-state index in [1.54, 1.807) is 13.8 Å². The SMILES string of the molecule is CCCCCCCCO[C@H]1[C@@H]([C@H](O)CO)OC2(O)C(C)(C)[C@@]12O. The van der Waals surface area contributed by atoms with Gasteiger partial charge in [0.1, 0.15) is 18.3 Å². The van der Waals surface area contributed by atoms with Crippen LogP contribution in [-0.4, -0.2) is 63.3 Å². The van der Waals surface area contributed by atoms with Crippen LogP contribution in [0, 0.1) is 5.41 Å². The molecular formula is C17H32O6. The average Bonchev–Trinajstić information content (AvgIpc) is 2.75. The number of ether oxygens (including phenoxy) is 2. The van der Waals surface area contributed by atoms with Gasteiger partial charge in [0.15, 0.2) is 5.60 Å². The Kier molecular flexibility index (Phi) is 5.76. The van der Waals surface area contributed by atoms with Gasteiger partial charge in [-0.15, -0.1) is 0 Å². The first-order chi connectivity index (χ1) is 10.8. The highest BCUT2D eigenvalue weighted by Gasteiger charge is 2.92. The van der Waals surface area contributed by atoms with E-state index in [0.29, 0.717) is 6.61 Å². The summed E-state index contributed by atoms with van der Waals surface area (Å²) in [5.74, 6) is -1.73. The van der Waals surface area contributed by atoms with Crippen molar-refractivity contribution in [1.82, 2.24) is 0 Å². The van der Waals surface area contributed by atoms with Gasteiger partial charge in [0.2, 0.25) is 5.79 Å². The molecular weight excluding hydrogens is 300 g/mol. The van der Waals surface area contributed by atoms with Gasteiger partial charge in [0.05, 0.1) is 12.0 Å². The maximum absolute atomic E-state index is 10.8. The Balaban J connectivity index is 1.89. The lowest BCUT2D eigenvalue weighted by molar-refractivity contribution is -0.202. The summed E-state index contributed by atoms with van der Waals surface area (Å²) in [7, 11) is 0. The van der Waals surface area contributed by atoms with Gasteiger partial charge in [-0.25, -0.2) is 0 Å². The molecule has 1 aliphatic carbocycles. The third-order valence-electron chi connectivity index (χ3n) is 5.63. The summed E-state index contributed by atoms with van der Waals surface area (Å²) in [4.78, 5) is 0. The van der Waals surface area contributed by atoms with Crippen LogP contribution >= 0.6 is 0 Å². The molecule has 0 spiro atoms. The molecule has 0 amide bonds. The molecule has 1 heterocycles. The monoisotopic (exact) mass is 332 g/mol. The van der Waals surface area contributed by atoms with Gasteiger partial charge in [0.25, 0.3) is 0 Å². The van der Waals surface area contributed by atoms with E-state index in [0.717, 1.165) is 19.3 Å². The predicted molar refractivity (Wildman–Crippen MR) is 84.8 cm³/mol. The Morgan fingerprint density at radius 1 is 1.09 bits per heavy atom. The number of fused-ring (bicyclic) bond motifs is 1. The Hall–Kier alpha value is -0.240. The van der Waals surface area contributed by atoms with E-state index < -0.39 is 41.7 Å². The fourth-order valence-electron chi connectivity index (χ4n) is 3.80. The van der Waals surface area contributed by atoms with Gasteiger partial charge < -0.3 is 29.9 Å². The summed E-state index contributed by atoms with van der Waals surface area (Å²) in [5, 5.41) is 40.3. The van der Waals surface area contributed by atoms with Gasteiger partial charge in [-0.1, -0.05) is 52.9 Å². The highest BCUT2D eigenvalue weighted by Crippen LogP contribution is 2.72. The van der Waals surface area contributed by atoms with Gasteiger partial charge in [-0.3, -0.25) is 0 Å².